The van der Waals surface area contributed by atoms with Crippen LogP contribution in [0.25, 0.3) is 0 Å². The molecule has 0 rings (SSSR count). The molecule has 0 aliphatic rings. The first-order valence-electron chi connectivity index (χ1n) is 9.29. The molecular weight excluding hydrogens is 272 g/mol. The van der Waals surface area contributed by atoms with E-state index >= 15 is 0 Å². The summed E-state index contributed by atoms with van der Waals surface area (Å²) in [5, 5.41) is 10.2. The fourth-order valence-corrected chi connectivity index (χ4v) is 2.45. The lowest BCUT2D eigenvalue weighted by molar-refractivity contribution is -0.305. The van der Waals surface area contributed by atoms with E-state index in [9.17, 15) is 9.90 Å². The summed E-state index contributed by atoms with van der Waals surface area (Å²) in [6.45, 7) is 2.25. The molecule has 0 fully saturated rings. The molecule has 0 aromatic rings. The Morgan fingerprint density at radius 1 is 0.727 bits per heavy atom. The van der Waals surface area contributed by atoms with E-state index in [0.29, 0.717) is 0 Å². The summed E-state index contributed by atoms with van der Waals surface area (Å²) in [4.78, 5) is 10.2. The van der Waals surface area contributed by atoms with E-state index in [-0.39, 0.29) is 6.42 Å². The average Bonchev–Trinajstić information content (AvgIpc) is 2.50. The Hall–Kier alpha value is -1.05. The van der Waals surface area contributed by atoms with E-state index in [0.717, 1.165) is 19.3 Å². The van der Waals surface area contributed by atoms with Crippen LogP contribution in [0.15, 0.2) is 24.3 Å². The van der Waals surface area contributed by atoms with Crippen LogP contribution < -0.4 is 5.11 Å². The number of carbonyl (C=O) groups is 1. The summed E-state index contributed by atoms with van der Waals surface area (Å²) in [6.07, 6.45) is 24.9. The third-order valence-corrected chi connectivity index (χ3v) is 3.86. The third kappa shape index (κ3) is 18.9. The van der Waals surface area contributed by atoms with Crippen LogP contribution in [-0.2, 0) is 4.79 Å². The molecule has 0 aromatic carbocycles. The first-order valence-corrected chi connectivity index (χ1v) is 9.29. The predicted molar refractivity (Wildman–Crippen MR) is 93.6 cm³/mol. The van der Waals surface area contributed by atoms with Crippen LogP contribution in [0.1, 0.15) is 96.8 Å². The number of carboxylic acids is 1. The number of unbranched alkanes of at least 4 members (excludes halogenated alkanes) is 11. The van der Waals surface area contributed by atoms with Gasteiger partial charge in [-0.25, -0.2) is 0 Å². The normalized spacial score (nSPS) is 11.7. The molecule has 128 valence electrons. The van der Waals surface area contributed by atoms with Crippen molar-refractivity contribution < 1.29 is 9.90 Å². The van der Waals surface area contributed by atoms with Gasteiger partial charge in [-0.1, -0.05) is 82.6 Å². The van der Waals surface area contributed by atoms with E-state index in [2.05, 4.69) is 31.2 Å². The Kier molecular flexibility index (Phi) is 17.1. The number of carbonyl (C=O) groups excluding carboxylic acids is 1. The van der Waals surface area contributed by atoms with Gasteiger partial charge in [0.2, 0.25) is 0 Å². The molecule has 0 atom stereocenters. The lowest BCUT2D eigenvalue weighted by Crippen LogP contribution is -2.21. The standard InChI is InChI=1S/C20H36O2/c1-2-3-4-5-6-7-8-9-10-11-12-13-14-15-16-17-18-19-20(21)22/h7-10H,2-6,11-19H2,1H3,(H,21,22)/p-1/b8-7-,10-9+. The molecule has 0 saturated carbocycles. The number of hydrogen-bond acceptors (Lipinski definition) is 2. The van der Waals surface area contributed by atoms with E-state index in [1.54, 1.807) is 0 Å². The van der Waals surface area contributed by atoms with Gasteiger partial charge in [0, 0.05) is 5.97 Å². The maximum Gasteiger partial charge on any atom is 0.0414 e. The highest BCUT2D eigenvalue weighted by Gasteiger charge is 1.92. The molecule has 0 saturated heterocycles. The molecule has 0 aliphatic carbocycles. The number of hydrogen-bond donors (Lipinski definition) is 0. The van der Waals surface area contributed by atoms with Crippen LogP contribution in [0.5, 0.6) is 0 Å². The number of rotatable bonds is 16. The van der Waals surface area contributed by atoms with Gasteiger partial charge in [-0.05, 0) is 38.5 Å². The van der Waals surface area contributed by atoms with Gasteiger partial charge in [-0.15, -0.1) is 0 Å². The molecule has 2 nitrogen and oxygen atoms in total. The summed E-state index contributed by atoms with van der Waals surface area (Å²) in [7, 11) is 0. The van der Waals surface area contributed by atoms with Crippen molar-refractivity contribution >= 4 is 5.97 Å². The van der Waals surface area contributed by atoms with Gasteiger partial charge in [-0.2, -0.15) is 0 Å². The van der Waals surface area contributed by atoms with Crippen LogP contribution in [0.4, 0.5) is 0 Å². The molecule has 0 radical (unpaired) electrons. The molecule has 0 aromatic heterocycles. The van der Waals surface area contributed by atoms with E-state index in [4.69, 9.17) is 0 Å². The third-order valence-electron chi connectivity index (χ3n) is 3.86. The van der Waals surface area contributed by atoms with Crippen LogP contribution in [0.2, 0.25) is 0 Å². The minimum atomic E-state index is -0.915. The summed E-state index contributed by atoms with van der Waals surface area (Å²) in [5.74, 6) is -0.915. The van der Waals surface area contributed by atoms with E-state index in [1.807, 2.05) is 0 Å². The molecule has 22 heavy (non-hydrogen) atoms. The SMILES string of the molecule is CCCCCC/C=C\C=C\CCCCCCCCCC(=O)[O-]. The Morgan fingerprint density at radius 2 is 1.18 bits per heavy atom. The second-order valence-corrected chi connectivity index (χ2v) is 6.09. The first kappa shape index (κ1) is 20.9. The van der Waals surface area contributed by atoms with Crippen molar-refractivity contribution in [1.82, 2.24) is 0 Å². The van der Waals surface area contributed by atoms with Crippen molar-refractivity contribution in [1.29, 1.82) is 0 Å². The smallest absolute Gasteiger partial charge is 0.0414 e. The zero-order valence-electron chi connectivity index (χ0n) is 14.5. The molecule has 0 unspecified atom stereocenters. The van der Waals surface area contributed by atoms with Crippen LogP contribution in [0.3, 0.4) is 0 Å². The molecule has 2 heteroatoms. The van der Waals surface area contributed by atoms with Gasteiger partial charge in [0.05, 0.1) is 0 Å². The second kappa shape index (κ2) is 18.0. The quantitative estimate of drug-likeness (QED) is 0.285. The minimum absolute atomic E-state index is 0.219. The Morgan fingerprint density at radius 3 is 1.68 bits per heavy atom. The molecule has 0 heterocycles. The molecule has 0 aliphatic heterocycles. The van der Waals surface area contributed by atoms with Crippen molar-refractivity contribution in [3.05, 3.63) is 24.3 Å². The second-order valence-electron chi connectivity index (χ2n) is 6.09. The van der Waals surface area contributed by atoms with E-state index < -0.39 is 5.97 Å². The largest absolute Gasteiger partial charge is 0.550 e. The maximum absolute atomic E-state index is 10.2. The van der Waals surface area contributed by atoms with E-state index in [1.165, 1.54) is 64.2 Å². The maximum atomic E-state index is 10.2. The van der Waals surface area contributed by atoms with Crippen molar-refractivity contribution in [2.75, 3.05) is 0 Å². The molecule has 0 bridgehead atoms. The molecule has 0 N–H and O–H groups in total. The van der Waals surface area contributed by atoms with Crippen LogP contribution >= 0.6 is 0 Å². The monoisotopic (exact) mass is 307 g/mol. The average molecular weight is 307 g/mol. The fourth-order valence-electron chi connectivity index (χ4n) is 2.45. The topological polar surface area (TPSA) is 40.1 Å². The first-order chi connectivity index (χ1) is 10.8. The lowest BCUT2D eigenvalue weighted by atomic mass is 10.1. The van der Waals surface area contributed by atoms with Crippen LogP contribution in [0, 0.1) is 0 Å². The molecular formula is C20H35O2-. The Labute approximate surface area is 137 Å². The van der Waals surface area contributed by atoms with Crippen molar-refractivity contribution in [2.45, 2.75) is 96.8 Å². The number of allylic oxidation sites excluding steroid dienone is 4. The van der Waals surface area contributed by atoms with Crippen LogP contribution in [-0.4, -0.2) is 5.97 Å². The lowest BCUT2D eigenvalue weighted by Gasteiger charge is -2.02. The van der Waals surface area contributed by atoms with Crippen molar-refractivity contribution in [3.8, 4) is 0 Å². The Bertz CT molecular complexity index is 292. The highest BCUT2D eigenvalue weighted by molar-refractivity contribution is 5.63. The van der Waals surface area contributed by atoms with Gasteiger partial charge in [-0.3, -0.25) is 0 Å². The molecule has 0 amide bonds. The summed E-state index contributed by atoms with van der Waals surface area (Å²) < 4.78 is 0. The summed E-state index contributed by atoms with van der Waals surface area (Å²) in [6, 6.07) is 0. The zero-order chi connectivity index (χ0) is 16.3. The highest BCUT2D eigenvalue weighted by atomic mass is 16.4. The number of aliphatic carboxylic acids is 1. The van der Waals surface area contributed by atoms with Gasteiger partial charge in [0.1, 0.15) is 0 Å². The number of carboxylic acid groups (broad SMARTS) is 1. The van der Waals surface area contributed by atoms with Crippen molar-refractivity contribution in [3.63, 3.8) is 0 Å². The van der Waals surface area contributed by atoms with Gasteiger partial charge in [0.15, 0.2) is 0 Å². The minimum Gasteiger partial charge on any atom is -0.550 e. The van der Waals surface area contributed by atoms with Gasteiger partial charge in [0.25, 0.3) is 0 Å². The summed E-state index contributed by atoms with van der Waals surface area (Å²) in [5.41, 5.74) is 0. The molecule has 0 spiro atoms. The van der Waals surface area contributed by atoms with Crippen molar-refractivity contribution in [2.24, 2.45) is 0 Å². The van der Waals surface area contributed by atoms with Gasteiger partial charge >= 0.3 is 0 Å². The highest BCUT2D eigenvalue weighted by Crippen LogP contribution is 2.10. The predicted octanol–water partition coefficient (Wildman–Crippen LogP) is 5.33. The fraction of sp³-hybridized carbons (Fsp3) is 0.750. The van der Waals surface area contributed by atoms with Gasteiger partial charge < -0.3 is 9.90 Å². The zero-order valence-corrected chi connectivity index (χ0v) is 14.5. The Balaban J connectivity index is 3.17. The summed E-state index contributed by atoms with van der Waals surface area (Å²) >= 11 is 0.